The molecule has 3 heterocycles. The molecule has 3 fully saturated rings. The lowest BCUT2D eigenvalue weighted by Crippen LogP contribution is -2.55. The SMILES string of the molecule is CCCC(C)C1CCC(C)OC2OC(N3CCS(=O)(=O)CC3)C(C)CC21. The van der Waals surface area contributed by atoms with Gasteiger partial charge < -0.3 is 9.47 Å². The predicted octanol–water partition coefficient (Wildman–Crippen LogP) is 3.29. The molecule has 0 N–H and O–H groups in total. The van der Waals surface area contributed by atoms with E-state index in [1.807, 2.05) is 0 Å². The molecule has 0 aromatic carbocycles. The van der Waals surface area contributed by atoms with Crippen molar-refractivity contribution in [3.63, 3.8) is 0 Å². The Morgan fingerprint density at radius 1 is 1.12 bits per heavy atom. The molecule has 0 radical (unpaired) electrons. The summed E-state index contributed by atoms with van der Waals surface area (Å²) in [6.07, 6.45) is 6.02. The second-order valence-corrected chi connectivity index (χ2v) is 11.2. The van der Waals surface area contributed by atoms with Crippen LogP contribution in [0.4, 0.5) is 0 Å². The fraction of sp³-hybridized carbons (Fsp3) is 1.00. The monoisotopic (exact) mass is 387 g/mol. The maximum atomic E-state index is 11.8. The van der Waals surface area contributed by atoms with Crippen molar-refractivity contribution in [1.29, 1.82) is 0 Å². The van der Waals surface area contributed by atoms with Crippen molar-refractivity contribution in [2.24, 2.45) is 23.7 Å². The van der Waals surface area contributed by atoms with E-state index in [0.717, 1.165) is 12.8 Å². The van der Waals surface area contributed by atoms with Crippen molar-refractivity contribution in [2.45, 2.75) is 78.4 Å². The van der Waals surface area contributed by atoms with Crippen molar-refractivity contribution in [2.75, 3.05) is 24.6 Å². The third kappa shape index (κ3) is 4.62. The van der Waals surface area contributed by atoms with Gasteiger partial charge in [-0.2, -0.15) is 0 Å². The molecule has 0 aliphatic carbocycles. The summed E-state index contributed by atoms with van der Waals surface area (Å²) in [6, 6.07) is 0. The van der Waals surface area contributed by atoms with Crippen molar-refractivity contribution in [3.05, 3.63) is 0 Å². The van der Waals surface area contributed by atoms with E-state index in [4.69, 9.17) is 9.47 Å². The van der Waals surface area contributed by atoms with Crippen LogP contribution in [0.1, 0.15) is 59.8 Å². The number of sulfone groups is 1. The van der Waals surface area contributed by atoms with E-state index in [1.54, 1.807) is 0 Å². The second-order valence-electron chi connectivity index (χ2n) is 8.91. The van der Waals surface area contributed by atoms with Gasteiger partial charge in [-0.15, -0.1) is 0 Å². The molecule has 0 bridgehead atoms. The Morgan fingerprint density at radius 2 is 1.81 bits per heavy atom. The average molecular weight is 388 g/mol. The number of fused-ring (bicyclic) bond motifs is 1. The van der Waals surface area contributed by atoms with Gasteiger partial charge in [0.1, 0.15) is 6.23 Å². The molecule has 0 amide bonds. The van der Waals surface area contributed by atoms with Crippen LogP contribution in [0.3, 0.4) is 0 Å². The summed E-state index contributed by atoms with van der Waals surface area (Å²) in [6.45, 7) is 10.3. The standard InChI is InChI=1S/C20H37NO4S/c1-5-6-14(2)17-8-7-16(4)24-20-18(17)13-15(3)19(25-20)21-9-11-26(22,23)12-10-21/h14-20H,5-13H2,1-4H3. The lowest BCUT2D eigenvalue weighted by molar-refractivity contribution is -0.282. The first kappa shape index (κ1) is 20.6. The van der Waals surface area contributed by atoms with Gasteiger partial charge in [0, 0.05) is 19.0 Å². The smallest absolute Gasteiger partial charge is 0.163 e. The van der Waals surface area contributed by atoms with Gasteiger partial charge in [-0.1, -0.05) is 33.6 Å². The van der Waals surface area contributed by atoms with Crippen LogP contribution in [-0.4, -0.2) is 56.5 Å². The van der Waals surface area contributed by atoms with Gasteiger partial charge >= 0.3 is 0 Å². The Kier molecular flexibility index (Phi) is 6.69. The van der Waals surface area contributed by atoms with E-state index in [0.29, 0.717) is 36.8 Å². The molecule has 152 valence electrons. The summed E-state index contributed by atoms with van der Waals surface area (Å²) in [7, 11) is -2.86. The van der Waals surface area contributed by atoms with Gasteiger partial charge in [0.15, 0.2) is 16.1 Å². The molecule has 5 nitrogen and oxygen atoms in total. The number of nitrogens with zero attached hydrogens (tertiary/aromatic N) is 1. The highest BCUT2D eigenvalue weighted by Gasteiger charge is 2.46. The zero-order valence-corrected chi connectivity index (χ0v) is 17.7. The molecule has 3 rings (SSSR count). The molecule has 6 heteroatoms. The van der Waals surface area contributed by atoms with Crippen molar-refractivity contribution in [3.8, 4) is 0 Å². The van der Waals surface area contributed by atoms with Crippen LogP contribution in [0.15, 0.2) is 0 Å². The molecule has 26 heavy (non-hydrogen) atoms. The van der Waals surface area contributed by atoms with E-state index in [-0.39, 0.29) is 30.1 Å². The Labute approximate surface area is 159 Å². The first-order valence-corrected chi connectivity index (χ1v) is 12.4. The Morgan fingerprint density at radius 3 is 2.46 bits per heavy atom. The molecular formula is C20H37NO4S. The van der Waals surface area contributed by atoms with Crippen LogP contribution < -0.4 is 0 Å². The Balaban J connectivity index is 1.72. The van der Waals surface area contributed by atoms with E-state index >= 15 is 0 Å². The third-order valence-electron chi connectivity index (χ3n) is 6.79. The molecule has 3 aliphatic rings. The van der Waals surface area contributed by atoms with Crippen LogP contribution in [0.2, 0.25) is 0 Å². The predicted molar refractivity (Wildman–Crippen MR) is 104 cm³/mol. The quantitative estimate of drug-likeness (QED) is 0.741. The zero-order valence-electron chi connectivity index (χ0n) is 16.9. The fourth-order valence-electron chi connectivity index (χ4n) is 5.28. The van der Waals surface area contributed by atoms with Crippen molar-refractivity contribution in [1.82, 2.24) is 4.90 Å². The molecule has 0 spiro atoms. The summed E-state index contributed by atoms with van der Waals surface area (Å²) in [5.74, 6) is 2.73. The highest BCUT2D eigenvalue weighted by Crippen LogP contribution is 2.44. The highest BCUT2D eigenvalue weighted by molar-refractivity contribution is 7.91. The molecule has 0 saturated carbocycles. The molecule has 7 atom stereocenters. The molecule has 0 aromatic rings. The molecule has 0 aromatic heterocycles. The summed E-state index contributed by atoms with van der Waals surface area (Å²) in [5, 5.41) is 0. The topological polar surface area (TPSA) is 55.8 Å². The van der Waals surface area contributed by atoms with Gasteiger partial charge in [0.05, 0.1) is 17.6 Å². The van der Waals surface area contributed by atoms with Crippen LogP contribution >= 0.6 is 0 Å². The fourth-order valence-corrected chi connectivity index (χ4v) is 6.51. The minimum atomic E-state index is -2.86. The normalized spacial score (nSPS) is 42.6. The number of hydrogen-bond acceptors (Lipinski definition) is 5. The van der Waals surface area contributed by atoms with Gasteiger partial charge in [0.25, 0.3) is 0 Å². The third-order valence-corrected chi connectivity index (χ3v) is 8.40. The summed E-state index contributed by atoms with van der Waals surface area (Å²) in [4.78, 5) is 2.23. The molecule has 7 unspecified atom stereocenters. The zero-order chi connectivity index (χ0) is 18.9. The first-order valence-electron chi connectivity index (χ1n) is 10.6. The highest BCUT2D eigenvalue weighted by atomic mass is 32.2. The van der Waals surface area contributed by atoms with E-state index in [2.05, 4.69) is 32.6 Å². The van der Waals surface area contributed by atoms with Crippen molar-refractivity contribution >= 4 is 9.84 Å². The number of hydrogen-bond donors (Lipinski definition) is 0. The van der Waals surface area contributed by atoms with Gasteiger partial charge in [0.2, 0.25) is 0 Å². The summed E-state index contributed by atoms with van der Waals surface area (Å²) < 4.78 is 36.4. The summed E-state index contributed by atoms with van der Waals surface area (Å²) >= 11 is 0. The van der Waals surface area contributed by atoms with Crippen LogP contribution in [0.5, 0.6) is 0 Å². The maximum absolute atomic E-state index is 11.8. The minimum absolute atomic E-state index is 0.0146. The van der Waals surface area contributed by atoms with E-state index in [1.165, 1.54) is 19.3 Å². The van der Waals surface area contributed by atoms with Gasteiger partial charge in [-0.3, -0.25) is 4.90 Å². The van der Waals surface area contributed by atoms with Gasteiger partial charge in [-0.25, -0.2) is 8.42 Å². The lowest BCUT2D eigenvalue weighted by atomic mass is 9.73. The van der Waals surface area contributed by atoms with Crippen molar-refractivity contribution < 1.29 is 17.9 Å². The Hall–Kier alpha value is -0.170. The van der Waals surface area contributed by atoms with Crippen LogP contribution in [0.25, 0.3) is 0 Å². The minimum Gasteiger partial charge on any atom is -0.349 e. The lowest BCUT2D eigenvalue weighted by Gasteiger charge is -2.47. The van der Waals surface area contributed by atoms with Gasteiger partial charge in [-0.05, 0) is 43.9 Å². The Bertz CT molecular complexity index is 552. The summed E-state index contributed by atoms with van der Waals surface area (Å²) in [5.41, 5.74) is 0. The van der Waals surface area contributed by atoms with E-state index < -0.39 is 9.84 Å². The number of ether oxygens (including phenoxy) is 2. The van der Waals surface area contributed by atoms with Crippen LogP contribution in [-0.2, 0) is 19.3 Å². The molecule has 3 saturated heterocycles. The molecular weight excluding hydrogens is 350 g/mol. The first-order chi connectivity index (χ1) is 12.3. The molecule has 3 aliphatic heterocycles. The van der Waals surface area contributed by atoms with E-state index in [9.17, 15) is 8.42 Å². The second kappa shape index (κ2) is 8.46. The number of rotatable bonds is 4. The average Bonchev–Trinajstić information content (AvgIpc) is 2.73. The maximum Gasteiger partial charge on any atom is 0.163 e. The largest absolute Gasteiger partial charge is 0.349 e. The van der Waals surface area contributed by atoms with Crippen LogP contribution in [0, 0.1) is 23.7 Å².